The molecule has 1 aromatic heterocycles. The second kappa shape index (κ2) is 6.71. The molecule has 1 aliphatic rings. The summed E-state index contributed by atoms with van der Waals surface area (Å²) >= 11 is 0. The van der Waals surface area contributed by atoms with Crippen LogP contribution in [-0.4, -0.2) is 35.9 Å². The fourth-order valence-corrected chi connectivity index (χ4v) is 2.30. The second-order valence-corrected chi connectivity index (χ2v) is 4.73. The first-order chi connectivity index (χ1) is 8.83. The van der Waals surface area contributed by atoms with Crippen molar-refractivity contribution in [1.82, 2.24) is 4.98 Å². The van der Waals surface area contributed by atoms with E-state index in [9.17, 15) is 0 Å². The van der Waals surface area contributed by atoms with Gasteiger partial charge in [-0.25, -0.2) is 4.98 Å². The van der Waals surface area contributed by atoms with Crippen LogP contribution in [0, 0.1) is 0 Å². The Bertz CT molecular complexity index is 371. The molecule has 0 saturated carbocycles. The first-order valence-corrected chi connectivity index (χ1v) is 6.77. The molecule has 1 fully saturated rings. The van der Waals surface area contributed by atoms with E-state index in [-0.39, 0.29) is 6.61 Å². The van der Waals surface area contributed by atoms with Gasteiger partial charge in [-0.3, -0.25) is 0 Å². The van der Waals surface area contributed by atoms with Gasteiger partial charge in [-0.15, -0.1) is 0 Å². The zero-order chi connectivity index (χ0) is 12.8. The van der Waals surface area contributed by atoms with Gasteiger partial charge in [0.15, 0.2) is 0 Å². The van der Waals surface area contributed by atoms with Crippen molar-refractivity contribution in [2.75, 3.05) is 24.6 Å². The highest BCUT2D eigenvalue weighted by Gasteiger charge is 2.21. The highest BCUT2D eigenvalue weighted by Crippen LogP contribution is 2.20. The number of ether oxygens (including phenoxy) is 1. The highest BCUT2D eigenvalue weighted by molar-refractivity contribution is 5.39. The third kappa shape index (κ3) is 3.43. The number of hydrogen-bond donors (Lipinski definition) is 1. The standard InChI is InChI=1S/C14H22N2O2/c1-2-9-18-13-6-4-8-16(10-13)14-7-3-5-12(11-17)15-14/h3,5,7,13,17H,2,4,6,8-11H2,1H3. The van der Waals surface area contributed by atoms with Crippen LogP contribution >= 0.6 is 0 Å². The van der Waals surface area contributed by atoms with Crippen molar-refractivity contribution < 1.29 is 9.84 Å². The minimum absolute atomic E-state index is 0.00254. The molecule has 0 amide bonds. The van der Waals surface area contributed by atoms with Crippen molar-refractivity contribution in [3.05, 3.63) is 23.9 Å². The van der Waals surface area contributed by atoms with Crippen LogP contribution in [0.15, 0.2) is 18.2 Å². The van der Waals surface area contributed by atoms with Gasteiger partial charge in [0, 0.05) is 19.7 Å². The van der Waals surface area contributed by atoms with Crippen LogP contribution in [-0.2, 0) is 11.3 Å². The smallest absolute Gasteiger partial charge is 0.128 e. The first-order valence-electron chi connectivity index (χ1n) is 6.77. The van der Waals surface area contributed by atoms with Gasteiger partial charge in [-0.1, -0.05) is 13.0 Å². The summed E-state index contributed by atoms with van der Waals surface area (Å²) in [7, 11) is 0. The third-order valence-corrected chi connectivity index (χ3v) is 3.21. The SMILES string of the molecule is CCCOC1CCCN(c2cccc(CO)n2)C1. The van der Waals surface area contributed by atoms with Gasteiger partial charge >= 0.3 is 0 Å². The van der Waals surface area contributed by atoms with Crippen molar-refractivity contribution in [3.63, 3.8) is 0 Å². The van der Waals surface area contributed by atoms with Crippen molar-refractivity contribution in [3.8, 4) is 0 Å². The molecule has 1 aliphatic heterocycles. The summed E-state index contributed by atoms with van der Waals surface area (Å²) in [5, 5.41) is 9.12. The number of pyridine rings is 1. The third-order valence-electron chi connectivity index (χ3n) is 3.21. The zero-order valence-electron chi connectivity index (χ0n) is 11.0. The van der Waals surface area contributed by atoms with Gasteiger partial charge < -0.3 is 14.7 Å². The number of rotatable bonds is 5. The lowest BCUT2D eigenvalue weighted by molar-refractivity contribution is 0.0439. The Labute approximate surface area is 109 Å². The Morgan fingerprint density at radius 1 is 1.50 bits per heavy atom. The van der Waals surface area contributed by atoms with E-state index in [1.807, 2.05) is 18.2 Å². The van der Waals surface area contributed by atoms with Gasteiger partial charge in [0.2, 0.25) is 0 Å². The lowest BCUT2D eigenvalue weighted by Gasteiger charge is -2.33. The van der Waals surface area contributed by atoms with Crippen LogP contribution in [0.5, 0.6) is 0 Å². The van der Waals surface area contributed by atoms with Gasteiger partial charge in [0.25, 0.3) is 0 Å². The van der Waals surface area contributed by atoms with E-state index in [2.05, 4.69) is 16.8 Å². The Kier molecular flexibility index (Phi) is 4.96. The zero-order valence-corrected chi connectivity index (χ0v) is 11.0. The molecule has 2 rings (SSSR count). The van der Waals surface area contributed by atoms with Crippen LogP contribution in [0.3, 0.4) is 0 Å². The topological polar surface area (TPSA) is 45.6 Å². The Hall–Kier alpha value is -1.13. The van der Waals surface area contributed by atoms with E-state index >= 15 is 0 Å². The minimum atomic E-state index is -0.00254. The summed E-state index contributed by atoms with van der Waals surface area (Å²) in [5.74, 6) is 0.950. The normalized spacial score (nSPS) is 20.1. The molecule has 0 bridgehead atoms. The van der Waals surface area contributed by atoms with E-state index in [0.717, 1.165) is 50.5 Å². The largest absolute Gasteiger partial charge is 0.390 e. The molecule has 0 aliphatic carbocycles. The molecule has 4 nitrogen and oxygen atoms in total. The number of piperidine rings is 1. The van der Waals surface area contributed by atoms with Crippen molar-refractivity contribution in [2.45, 2.75) is 38.9 Å². The molecule has 1 aromatic rings. The number of nitrogens with zero attached hydrogens (tertiary/aromatic N) is 2. The number of aliphatic hydroxyl groups is 1. The molecule has 18 heavy (non-hydrogen) atoms. The maximum atomic E-state index is 9.12. The van der Waals surface area contributed by atoms with Crippen molar-refractivity contribution in [2.24, 2.45) is 0 Å². The van der Waals surface area contributed by atoms with Crippen LogP contribution in [0.25, 0.3) is 0 Å². The molecule has 1 N–H and O–H groups in total. The summed E-state index contributed by atoms with van der Waals surface area (Å²) in [6.45, 7) is 4.89. The lowest BCUT2D eigenvalue weighted by atomic mass is 10.1. The van der Waals surface area contributed by atoms with Crippen LogP contribution in [0.1, 0.15) is 31.9 Å². The fourth-order valence-electron chi connectivity index (χ4n) is 2.30. The molecule has 100 valence electrons. The number of aliphatic hydroxyl groups excluding tert-OH is 1. The predicted molar refractivity (Wildman–Crippen MR) is 71.6 cm³/mol. The van der Waals surface area contributed by atoms with Crippen LogP contribution in [0.4, 0.5) is 5.82 Å². The average Bonchev–Trinajstić information content (AvgIpc) is 2.45. The van der Waals surface area contributed by atoms with Crippen LogP contribution < -0.4 is 4.90 Å². The Morgan fingerprint density at radius 2 is 2.39 bits per heavy atom. The molecular weight excluding hydrogens is 228 g/mol. The highest BCUT2D eigenvalue weighted by atomic mass is 16.5. The van der Waals surface area contributed by atoms with E-state index < -0.39 is 0 Å². The fraction of sp³-hybridized carbons (Fsp3) is 0.643. The Morgan fingerprint density at radius 3 is 3.17 bits per heavy atom. The van der Waals surface area contributed by atoms with Gasteiger partial charge in [-0.2, -0.15) is 0 Å². The van der Waals surface area contributed by atoms with E-state index in [4.69, 9.17) is 9.84 Å². The summed E-state index contributed by atoms with van der Waals surface area (Å²) in [5.41, 5.74) is 0.726. The number of aromatic nitrogens is 1. The summed E-state index contributed by atoms with van der Waals surface area (Å²) in [4.78, 5) is 6.70. The molecule has 0 spiro atoms. The Balaban J connectivity index is 1.98. The first kappa shape index (κ1) is 13.3. The summed E-state index contributed by atoms with van der Waals surface area (Å²) < 4.78 is 5.82. The number of anilines is 1. The molecule has 4 heteroatoms. The average molecular weight is 250 g/mol. The van der Waals surface area contributed by atoms with E-state index in [1.165, 1.54) is 0 Å². The molecule has 0 aromatic carbocycles. The van der Waals surface area contributed by atoms with Crippen molar-refractivity contribution >= 4 is 5.82 Å². The maximum Gasteiger partial charge on any atom is 0.128 e. The second-order valence-electron chi connectivity index (χ2n) is 4.73. The monoisotopic (exact) mass is 250 g/mol. The summed E-state index contributed by atoms with van der Waals surface area (Å²) in [6, 6.07) is 5.80. The van der Waals surface area contributed by atoms with Gasteiger partial charge in [0.1, 0.15) is 5.82 Å². The number of hydrogen-bond acceptors (Lipinski definition) is 4. The molecular formula is C14H22N2O2. The maximum absolute atomic E-state index is 9.12. The summed E-state index contributed by atoms with van der Waals surface area (Å²) in [6.07, 6.45) is 3.66. The van der Waals surface area contributed by atoms with Crippen molar-refractivity contribution in [1.29, 1.82) is 0 Å². The van der Waals surface area contributed by atoms with Gasteiger partial charge in [-0.05, 0) is 31.4 Å². The quantitative estimate of drug-likeness (QED) is 0.868. The van der Waals surface area contributed by atoms with E-state index in [0.29, 0.717) is 6.10 Å². The molecule has 1 unspecified atom stereocenters. The molecule has 2 heterocycles. The minimum Gasteiger partial charge on any atom is -0.390 e. The predicted octanol–water partition coefficient (Wildman–Crippen LogP) is 1.97. The lowest BCUT2D eigenvalue weighted by Crippen LogP contribution is -2.40. The van der Waals surface area contributed by atoms with E-state index in [1.54, 1.807) is 0 Å². The molecule has 0 radical (unpaired) electrons. The molecule has 1 atom stereocenters. The van der Waals surface area contributed by atoms with Gasteiger partial charge in [0.05, 0.1) is 18.4 Å². The van der Waals surface area contributed by atoms with Crippen LogP contribution in [0.2, 0.25) is 0 Å². The molecule has 1 saturated heterocycles.